The minimum absolute atomic E-state index is 0.234. The van der Waals surface area contributed by atoms with Crippen molar-refractivity contribution in [3.05, 3.63) is 53.6 Å². The molecule has 0 aliphatic heterocycles. The van der Waals surface area contributed by atoms with Crippen LogP contribution < -0.4 is 10.5 Å². The van der Waals surface area contributed by atoms with Crippen molar-refractivity contribution >= 4 is 0 Å². The molecule has 19 heavy (non-hydrogen) atoms. The summed E-state index contributed by atoms with van der Waals surface area (Å²) in [7, 11) is 0. The standard InChI is InChI=1S/C15H19N3O/c1-3-10-19-13-6-4-12(5-7-13)15(16)14-8-9-17-11(2)18-14/h4-9,15H,3,10,16H2,1-2H3. The van der Waals surface area contributed by atoms with Gasteiger partial charge in [0.25, 0.3) is 0 Å². The SMILES string of the molecule is CCCOc1ccc(C(N)c2ccnc(C)n2)cc1. The first-order valence-corrected chi connectivity index (χ1v) is 6.48. The summed E-state index contributed by atoms with van der Waals surface area (Å²) in [6.45, 7) is 4.68. The minimum atomic E-state index is -0.234. The number of nitrogens with two attached hydrogens (primary N) is 1. The first-order chi connectivity index (χ1) is 9.20. The van der Waals surface area contributed by atoms with Crippen LogP contribution in [0.4, 0.5) is 0 Å². The van der Waals surface area contributed by atoms with E-state index >= 15 is 0 Å². The Labute approximate surface area is 113 Å². The average Bonchev–Trinajstić information content (AvgIpc) is 2.45. The van der Waals surface area contributed by atoms with Gasteiger partial charge in [-0.2, -0.15) is 0 Å². The van der Waals surface area contributed by atoms with Crippen LogP contribution in [0.5, 0.6) is 5.75 Å². The van der Waals surface area contributed by atoms with Gasteiger partial charge in [0.1, 0.15) is 11.6 Å². The van der Waals surface area contributed by atoms with E-state index in [4.69, 9.17) is 10.5 Å². The quantitative estimate of drug-likeness (QED) is 0.894. The first-order valence-electron chi connectivity index (χ1n) is 6.48. The molecule has 0 aliphatic carbocycles. The van der Waals surface area contributed by atoms with Gasteiger partial charge in [-0.15, -0.1) is 0 Å². The van der Waals surface area contributed by atoms with E-state index in [1.165, 1.54) is 0 Å². The normalized spacial score (nSPS) is 12.2. The molecule has 0 spiro atoms. The Morgan fingerprint density at radius 2 is 1.95 bits per heavy atom. The van der Waals surface area contributed by atoms with Crippen LogP contribution in [0.25, 0.3) is 0 Å². The number of nitrogens with zero attached hydrogens (tertiary/aromatic N) is 2. The van der Waals surface area contributed by atoms with E-state index in [1.54, 1.807) is 6.20 Å². The molecule has 0 bridgehead atoms. The highest BCUT2D eigenvalue weighted by Crippen LogP contribution is 2.20. The highest BCUT2D eigenvalue weighted by Gasteiger charge is 2.10. The lowest BCUT2D eigenvalue weighted by Crippen LogP contribution is -2.14. The second kappa shape index (κ2) is 6.29. The fraction of sp³-hybridized carbons (Fsp3) is 0.333. The molecule has 2 aromatic rings. The molecule has 1 unspecified atom stereocenters. The monoisotopic (exact) mass is 257 g/mol. The van der Waals surface area contributed by atoms with Crippen molar-refractivity contribution in [2.24, 2.45) is 5.73 Å². The van der Waals surface area contributed by atoms with Crippen molar-refractivity contribution in [2.75, 3.05) is 6.61 Å². The first kappa shape index (κ1) is 13.5. The zero-order valence-corrected chi connectivity index (χ0v) is 11.3. The van der Waals surface area contributed by atoms with E-state index in [0.717, 1.165) is 35.9 Å². The van der Waals surface area contributed by atoms with Gasteiger partial charge < -0.3 is 10.5 Å². The van der Waals surface area contributed by atoms with Gasteiger partial charge in [0.15, 0.2) is 0 Å². The van der Waals surface area contributed by atoms with Crippen LogP contribution in [-0.2, 0) is 0 Å². The predicted molar refractivity (Wildman–Crippen MR) is 75.0 cm³/mol. The van der Waals surface area contributed by atoms with Crippen LogP contribution in [0.1, 0.15) is 36.5 Å². The van der Waals surface area contributed by atoms with Gasteiger partial charge in [-0.05, 0) is 37.1 Å². The van der Waals surface area contributed by atoms with Crippen LogP contribution >= 0.6 is 0 Å². The van der Waals surface area contributed by atoms with Crippen molar-refractivity contribution < 1.29 is 4.74 Å². The Balaban J connectivity index is 2.13. The number of benzene rings is 1. The molecule has 0 saturated carbocycles. The van der Waals surface area contributed by atoms with Gasteiger partial charge >= 0.3 is 0 Å². The van der Waals surface area contributed by atoms with Crippen molar-refractivity contribution in [1.82, 2.24) is 9.97 Å². The summed E-state index contributed by atoms with van der Waals surface area (Å²) < 4.78 is 5.55. The lowest BCUT2D eigenvalue weighted by Gasteiger charge is -2.12. The largest absolute Gasteiger partial charge is 0.494 e. The molecule has 1 heterocycles. The third-order valence-corrected chi connectivity index (χ3v) is 2.83. The molecule has 4 heteroatoms. The van der Waals surface area contributed by atoms with Crippen LogP contribution in [-0.4, -0.2) is 16.6 Å². The van der Waals surface area contributed by atoms with E-state index in [2.05, 4.69) is 16.9 Å². The number of aromatic nitrogens is 2. The summed E-state index contributed by atoms with van der Waals surface area (Å²) in [6, 6.07) is 9.46. The Kier molecular flexibility index (Phi) is 4.47. The van der Waals surface area contributed by atoms with Crippen LogP contribution in [0.3, 0.4) is 0 Å². The van der Waals surface area contributed by atoms with Crippen molar-refractivity contribution in [3.8, 4) is 5.75 Å². The molecule has 2 N–H and O–H groups in total. The molecule has 4 nitrogen and oxygen atoms in total. The molecule has 0 amide bonds. The number of rotatable bonds is 5. The molecule has 2 rings (SSSR count). The summed E-state index contributed by atoms with van der Waals surface area (Å²) >= 11 is 0. The van der Waals surface area contributed by atoms with Crippen LogP contribution in [0.2, 0.25) is 0 Å². The van der Waals surface area contributed by atoms with Gasteiger partial charge in [0, 0.05) is 6.20 Å². The lowest BCUT2D eigenvalue weighted by molar-refractivity contribution is 0.317. The summed E-state index contributed by atoms with van der Waals surface area (Å²) in [5, 5.41) is 0. The highest BCUT2D eigenvalue weighted by atomic mass is 16.5. The van der Waals surface area contributed by atoms with E-state index in [-0.39, 0.29) is 6.04 Å². The number of ether oxygens (including phenoxy) is 1. The lowest BCUT2D eigenvalue weighted by atomic mass is 10.0. The third-order valence-electron chi connectivity index (χ3n) is 2.83. The Bertz CT molecular complexity index is 525. The second-order valence-electron chi connectivity index (χ2n) is 4.42. The molecule has 100 valence electrons. The average molecular weight is 257 g/mol. The Morgan fingerprint density at radius 3 is 2.58 bits per heavy atom. The molecule has 0 radical (unpaired) electrons. The van der Waals surface area contributed by atoms with Crippen molar-refractivity contribution in [3.63, 3.8) is 0 Å². The second-order valence-corrected chi connectivity index (χ2v) is 4.42. The van der Waals surface area contributed by atoms with Crippen LogP contribution in [0.15, 0.2) is 36.5 Å². The summed E-state index contributed by atoms with van der Waals surface area (Å²) in [5.74, 6) is 1.60. The van der Waals surface area contributed by atoms with E-state index in [9.17, 15) is 0 Å². The summed E-state index contributed by atoms with van der Waals surface area (Å²) in [4.78, 5) is 8.43. The molecule has 1 atom stereocenters. The molecule has 1 aromatic heterocycles. The third kappa shape index (κ3) is 3.51. The maximum Gasteiger partial charge on any atom is 0.125 e. The van der Waals surface area contributed by atoms with E-state index in [1.807, 2.05) is 37.3 Å². The van der Waals surface area contributed by atoms with Crippen molar-refractivity contribution in [2.45, 2.75) is 26.3 Å². The van der Waals surface area contributed by atoms with Crippen LogP contribution in [0, 0.1) is 6.92 Å². The smallest absolute Gasteiger partial charge is 0.125 e. The topological polar surface area (TPSA) is 61.0 Å². The fourth-order valence-corrected chi connectivity index (χ4v) is 1.81. The maximum absolute atomic E-state index is 6.20. The van der Waals surface area contributed by atoms with Gasteiger partial charge in [-0.3, -0.25) is 0 Å². The van der Waals surface area contributed by atoms with Gasteiger partial charge in [0.2, 0.25) is 0 Å². The number of aryl methyl sites for hydroxylation is 1. The maximum atomic E-state index is 6.20. The molecule has 0 fully saturated rings. The minimum Gasteiger partial charge on any atom is -0.494 e. The molecular formula is C15H19N3O. The molecule has 1 aromatic carbocycles. The number of hydrogen-bond acceptors (Lipinski definition) is 4. The van der Waals surface area contributed by atoms with Gasteiger partial charge in [-0.1, -0.05) is 19.1 Å². The Hall–Kier alpha value is -1.94. The predicted octanol–water partition coefficient (Wildman–Crippen LogP) is 2.62. The van der Waals surface area contributed by atoms with Crippen molar-refractivity contribution in [1.29, 1.82) is 0 Å². The zero-order chi connectivity index (χ0) is 13.7. The van der Waals surface area contributed by atoms with E-state index < -0.39 is 0 Å². The van der Waals surface area contributed by atoms with Gasteiger partial charge in [0.05, 0.1) is 18.3 Å². The molecule has 0 aliphatic rings. The van der Waals surface area contributed by atoms with E-state index in [0.29, 0.717) is 0 Å². The summed E-state index contributed by atoms with van der Waals surface area (Å²) in [6.07, 6.45) is 2.73. The highest BCUT2D eigenvalue weighted by molar-refractivity contribution is 5.32. The fourth-order valence-electron chi connectivity index (χ4n) is 1.81. The van der Waals surface area contributed by atoms with Gasteiger partial charge in [-0.25, -0.2) is 9.97 Å². The summed E-state index contributed by atoms with van der Waals surface area (Å²) in [5.41, 5.74) is 8.05. The zero-order valence-electron chi connectivity index (χ0n) is 11.3. The number of hydrogen-bond donors (Lipinski definition) is 1. The molecular weight excluding hydrogens is 238 g/mol. The Morgan fingerprint density at radius 1 is 1.21 bits per heavy atom. The molecule has 0 saturated heterocycles.